The van der Waals surface area contributed by atoms with Gasteiger partial charge in [-0.2, -0.15) is 13.2 Å². The van der Waals surface area contributed by atoms with Gasteiger partial charge in [0, 0.05) is 12.1 Å². The fourth-order valence-electron chi connectivity index (χ4n) is 2.76. The molecule has 152 valence electrons. The second-order valence-corrected chi connectivity index (χ2v) is 6.28. The van der Waals surface area contributed by atoms with Gasteiger partial charge in [-0.25, -0.2) is 0 Å². The number of carbonyl (C=O) groups is 1. The number of likely N-dealkylation sites (N-methyl/N-ethyl adjacent to an activating group) is 1. The van der Waals surface area contributed by atoms with E-state index in [1.54, 1.807) is 31.0 Å². The maximum absolute atomic E-state index is 13.1. The van der Waals surface area contributed by atoms with Crippen molar-refractivity contribution in [1.29, 1.82) is 0 Å². The molecule has 0 aliphatic heterocycles. The molecule has 0 saturated heterocycles. The first-order valence-electron chi connectivity index (χ1n) is 8.56. The Balaban J connectivity index is 2.15. The minimum atomic E-state index is -4.55. The van der Waals surface area contributed by atoms with Crippen molar-refractivity contribution in [2.45, 2.75) is 25.7 Å². The third-order valence-electron chi connectivity index (χ3n) is 4.44. The number of rotatable bonds is 7. The van der Waals surface area contributed by atoms with Crippen LogP contribution >= 0.6 is 0 Å². The summed E-state index contributed by atoms with van der Waals surface area (Å²) in [5, 5.41) is 2.38. The Morgan fingerprint density at radius 1 is 1.11 bits per heavy atom. The molecule has 0 aliphatic rings. The summed E-state index contributed by atoms with van der Waals surface area (Å²) in [5.74, 6) is 0.567. The second-order valence-electron chi connectivity index (χ2n) is 6.28. The van der Waals surface area contributed by atoms with Crippen molar-refractivity contribution in [1.82, 2.24) is 4.90 Å². The Morgan fingerprint density at radius 2 is 1.79 bits per heavy atom. The standard InChI is InChI=1S/C20H23F3N2O3/c1-13(19(26)24-16-10-6-5-9-15(16)20(21,22)23)25(2)12-14-8-7-11-17(27-3)18(14)28-4/h5-11,13H,12H2,1-4H3,(H,24,26). The van der Waals surface area contributed by atoms with E-state index in [1.165, 1.54) is 32.4 Å². The molecule has 0 heterocycles. The Hall–Kier alpha value is -2.74. The fraction of sp³-hybridized carbons (Fsp3) is 0.350. The van der Waals surface area contributed by atoms with Crippen LogP contribution in [-0.2, 0) is 17.5 Å². The van der Waals surface area contributed by atoms with Crippen molar-refractivity contribution in [2.24, 2.45) is 0 Å². The number of nitrogens with one attached hydrogen (secondary N) is 1. The molecule has 0 saturated carbocycles. The van der Waals surface area contributed by atoms with Crippen LogP contribution in [0.5, 0.6) is 11.5 Å². The van der Waals surface area contributed by atoms with Gasteiger partial charge < -0.3 is 14.8 Å². The molecule has 1 N–H and O–H groups in total. The van der Waals surface area contributed by atoms with E-state index in [9.17, 15) is 18.0 Å². The van der Waals surface area contributed by atoms with Crippen LogP contribution in [0.4, 0.5) is 18.9 Å². The molecule has 0 aliphatic carbocycles. The highest BCUT2D eigenvalue weighted by Gasteiger charge is 2.34. The maximum atomic E-state index is 13.1. The SMILES string of the molecule is COc1cccc(CN(C)C(C)C(=O)Nc2ccccc2C(F)(F)F)c1OC. The van der Waals surface area contributed by atoms with E-state index in [0.717, 1.165) is 11.6 Å². The van der Waals surface area contributed by atoms with Crippen molar-refractivity contribution in [3.05, 3.63) is 53.6 Å². The number of anilines is 1. The van der Waals surface area contributed by atoms with E-state index in [1.807, 2.05) is 6.07 Å². The lowest BCUT2D eigenvalue weighted by Gasteiger charge is -2.25. The molecule has 0 aromatic heterocycles. The molecule has 2 aromatic rings. The number of hydrogen-bond donors (Lipinski definition) is 1. The van der Waals surface area contributed by atoms with Gasteiger partial charge in [0.1, 0.15) is 0 Å². The van der Waals surface area contributed by atoms with Gasteiger partial charge in [-0.15, -0.1) is 0 Å². The normalized spacial score (nSPS) is 12.6. The number of ether oxygens (including phenoxy) is 2. The smallest absolute Gasteiger partial charge is 0.418 e. The van der Waals surface area contributed by atoms with E-state index >= 15 is 0 Å². The minimum Gasteiger partial charge on any atom is -0.493 e. The highest BCUT2D eigenvalue weighted by Crippen LogP contribution is 2.35. The molecule has 8 heteroatoms. The summed E-state index contributed by atoms with van der Waals surface area (Å²) in [7, 11) is 4.75. The Labute approximate surface area is 162 Å². The van der Waals surface area contributed by atoms with Crippen LogP contribution in [0.15, 0.2) is 42.5 Å². The predicted octanol–water partition coefficient (Wildman–Crippen LogP) is 4.18. The van der Waals surface area contributed by atoms with Crippen molar-refractivity contribution in [2.75, 3.05) is 26.6 Å². The third kappa shape index (κ3) is 4.95. The number of methoxy groups -OCH3 is 2. The highest BCUT2D eigenvalue weighted by molar-refractivity contribution is 5.95. The van der Waals surface area contributed by atoms with Crippen molar-refractivity contribution in [3.63, 3.8) is 0 Å². The number of halogens is 3. The zero-order chi connectivity index (χ0) is 20.9. The molecule has 0 radical (unpaired) electrons. The van der Waals surface area contributed by atoms with Gasteiger partial charge in [-0.3, -0.25) is 9.69 Å². The number of alkyl halides is 3. The minimum absolute atomic E-state index is 0.265. The Morgan fingerprint density at radius 3 is 2.39 bits per heavy atom. The topological polar surface area (TPSA) is 50.8 Å². The van der Waals surface area contributed by atoms with Crippen LogP contribution in [0.25, 0.3) is 0 Å². The fourth-order valence-corrected chi connectivity index (χ4v) is 2.76. The second kappa shape index (κ2) is 8.97. The maximum Gasteiger partial charge on any atom is 0.418 e. The van der Waals surface area contributed by atoms with Gasteiger partial charge in [-0.05, 0) is 32.2 Å². The molecule has 5 nitrogen and oxygen atoms in total. The molecule has 0 bridgehead atoms. The van der Waals surface area contributed by atoms with Crippen LogP contribution in [0, 0.1) is 0 Å². The first-order valence-corrected chi connectivity index (χ1v) is 8.56. The molecule has 1 unspecified atom stereocenters. The van der Waals surface area contributed by atoms with Gasteiger partial charge in [0.15, 0.2) is 11.5 Å². The summed E-state index contributed by atoms with van der Waals surface area (Å²) in [6, 6.07) is 9.60. The van der Waals surface area contributed by atoms with Crippen molar-refractivity contribution < 1.29 is 27.4 Å². The average molecular weight is 396 g/mol. The van der Waals surface area contributed by atoms with Crippen LogP contribution in [0.1, 0.15) is 18.1 Å². The number of nitrogens with zero attached hydrogens (tertiary/aromatic N) is 1. The molecule has 28 heavy (non-hydrogen) atoms. The number of hydrogen-bond acceptors (Lipinski definition) is 4. The summed E-state index contributed by atoms with van der Waals surface area (Å²) in [6.45, 7) is 1.97. The molecule has 1 atom stereocenters. The van der Waals surface area contributed by atoms with Crippen LogP contribution in [0.3, 0.4) is 0 Å². The molecule has 1 amide bonds. The van der Waals surface area contributed by atoms with E-state index in [4.69, 9.17) is 9.47 Å². The molecule has 2 rings (SSSR count). The zero-order valence-electron chi connectivity index (χ0n) is 16.1. The van der Waals surface area contributed by atoms with Gasteiger partial charge >= 0.3 is 6.18 Å². The third-order valence-corrected chi connectivity index (χ3v) is 4.44. The summed E-state index contributed by atoms with van der Waals surface area (Å²) < 4.78 is 50.0. The largest absolute Gasteiger partial charge is 0.493 e. The lowest BCUT2D eigenvalue weighted by molar-refractivity contribution is -0.137. The number of benzene rings is 2. The molecule has 0 fully saturated rings. The molecule has 2 aromatic carbocycles. The van der Waals surface area contributed by atoms with Crippen LogP contribution < -0.4 is 14.8 Å². The van der Waals surface area contributed by atoms with Crippen molar-refractivity contribution in [3.8, 4) is 11.5 Å². The van der Waals surface area contributed by atoms with E-state index in [-0.39, 0.29) is 5.69 Å². The number of carbonyl (C=O) groups excluding carboxylic acids is 1. The van der Waals surface area contributed by atoms with Gasteiger partial charge in [-0.1, -0.05) is 24.3 Å². The molecular formula is C20H23F3N2O3. The van der Waals surface area contributed by atoms with Crippen molar-refractivity contribution >= 4 is 11.6 Å². The van der Waals surface area contributed by atoms with Crippen LogP contribution in [-0.4, -0.2) is 38.1 Å². The predicted molar refractivity (Wildman–Crippen MR) is 101 cm³/mol. The average Bonchev–Trinajstić information content (AvgIpc) is 2.66. The number of para-hydroxylation sites is 2. The molecule has 0 spiro atoms. The lowest BCUT2D eigenvalue weighted by Crippen LogP contribution is -2.39. The Kier molecular flexibility index (Phi) is 6.90. The van der Waals surface area contributed by atoms with E-state index in [0.29, 0.717) is 18.0 Å². The monoisotopic (exact) mass is 396 g/mol. The lowest BCUT2D eigenvalue weighted by atomic mass is 10.1. The first kappa shape index (κ1) is 21.6. The summed E-state index contributed by atoms with van der Waals surface area (Å²) >= 11 is 0. The summed E-state index contributed by atoms with van der Waals surface area (Å²) in [6.07, 6.45) is -4.55. The summed E-state index contributed by atoms with van der Waals surface area (Å²) in [5.41, 5.74) is -0.355. The highest BCUT2D eigenvalue weighted by atomic mass is 19.4. The zero-order valence-corrected chi connectivity index (χ0v) is 16.1. The van der Waals surface area contributed by atoms with E-state index in [2.05, 4.69) is 5.32 Å². The summed E-state index contributed by atoms with van der Waals surface area (Å²) in [4.78, 5) is 14.2. The first-order chi connectivity index (χ1) is 13.2. The van der Waals surface area contributed by atoms with Gasteiger partial charge in [0.25, 0.3) is 0 Å². The van der Waals surface area contributed by atoms with Gasteiger partial charge in [0.2, 0.25) is 5.91 Å². The Bertz CT molecular complexity index is 825. The van der Waals surface area contributed by atoms with E-state index < -0.39 is 23.7 Å². The van der Waals surface area contributed by atoms with Gasteiger partial charge in [0.05, 0.1) is 31.5 Å². The molecular weight excluding hydrogens is 373 g/mol. The van der Waals surface area contributed by atoms with Crippen LogP contribution in [0.2, 0.25) is 0 Å². The number of amides is 1. The quantitative estimate of drug-likeness (QED) is 0.763.